The van der Waals surface area contributed by atoms with Crippen LogP contribution in [0.5, 0.6) is 0 Å². The molecule has 0 spiro atoms. The highest BCUT2D eigenvalue weighted by molar-refractivity contribution is 6.05. The average Bonchev–Trinajstić information content (AvgIpc) is 2.79. The third kappa shape index (κ3) is 2.86. The van der Waals surface area contributed by atoms with E-state index in [0.29, 0.717) is 12.0 Å². The van der Waals surface area contributed by atoms with Crippen molar-refractivity contribution >= 4 is 25.3 Å². The van der Waals surface area contributed by atoms with Gasteiger partial charge in [0.25, 0.3) is 0 Å². The maximum Gasteiger partial charge on any atom is 0.246 e. The minimum atomic E-state index is -0.136. The van der Waals surface area contributed by atoms with Crippen molar-refractivity contribution in [3.8, 4) is 0 Å². The van der Waals surface area contributed by atoms with E-state index in [-0.39, 0.29) is 22.9 Å². The average molecular weight is 341 g/mol. The summed E-state index contributed by atoms with van der Waals surface area (Å²) < 4.78 is 0. The van der Waals surface area contributed by atoms with Crippen LogP contribution in [0, 0.1) is 5.41 Å². The second-order valence-corrected chi connectivity index (χ2v) is 9.56. The van der Waals surface area contributed by atoms with E-state index in [1.165, 1.54) is 11.3 Å². The number of rotatable bonds is 3. The maximum atomic E-state index is 12.5. The first-order valence-corrected chi connectivity index (χ1v) is 9.38. The Morgan fingerprint density at radius 1 is 1.20 bits per heavy atom. The van der Waals surface area contributed by atoms with Gasteiger partial charge < -0.3 is 15.0 Å². The quantitative estimate of drug-likeness (QED) is 0.859. The molecule has 1 N–H and O–H groups in total. The first-order valence-electron chi connectivity index (χ1n) is 9.38. The van der Waals surface area contributed by atoms with Gasteiger partial charge in [-0.15, -0.1) is 0 Å². The molecule has 0 bridgehead atoms. The largest absolute Gasteiger partial charge is 0.354 e. The predicted octanol–water partition coefficient (Wildman–Crippen LogP) is 2.99. The van der Waals surface area contributed by atoms with E-state index in [1.54, 1.807) is 0 Å². The Bertz CT molecular complexity index is 695. The smallest absolute Gasteiger partial charge is 0.246 e. The van der Waals surface area contributed by atoms with E-state index in [2.05, 4.69) is 76.7 Å². The predicted molar refractivity (Wildman–Crippen MR) is 108 cm³/mol. The van der Waals surface area contributed by atoms with Crippen LogP contribution in [0.3, 0.4) is 0 Å². The highest BCUT2D eigenvalue weighted by atomic mass is 16.2. The van der Waals surface area contributed by atoms with Gasteiger partial charge in [0, 0.05) is 17.5 Å². The van der Waals surface area contributed by atoms with Crippen LogP contribution in [0.1, 0.15) is 59.9 Å². The molecule has 0 saturated carbocycles. The third-order valence-corrected chi connectivity index (χ3v) is 6.23. The number of amides is 1. The normalized spacial score (nSPS) is 26.0. The van der Waals surface area contributed by atoms with Crippen LogP contribution in [-0.2, 0) is 4.79 Å². The monoisotopic (exact) mass is 341 g/mol. The summed E-state index contributed by atoms with van der Waals surface area (Å²) in [6.07, 6.45) is 0. The van der Waals surface area contributed by atoms with Crippen molar-refractivity contribution in [1.82, 2.24) is 4.81 Å². The molecule has 25 heavy (non-hydrogen) atoms. The fourth-order valence-electron chi connectivity index (χ4n) is 4.66. The van der Waals surface area contributed by atoms with Gasteiger partial charge in [-0.05, 0) is 51.3 Å². The molecule has 2 aliphatic rings. The number of anilines is 2. The van der Waals surface area contributed by atoms with Crippen LogP contribution in [0.25, 0.3) is 0 Å². The Kier molecular flexibility index (Phi) is 4.22. The zero-order valence-corrected chi connectivity index (χ0v) is 17.0. The summed E-state index contributed by atoms with van der Waals surface area (Å²) in [5.74, 6) is 0.497. The lowest BCUT2D eigenvalue weighted by atomic mass is 9.75. The molecule has 3 atom stereocenters. The van der Waals surface area contributed by atoms with E-state index in [9.17, 15) is 4.79 Å². The fourth-order valence-corrected chi connectivity index (χ4v) is 4.66. The van der Waals surface area contributed by atoms with E-state index in [1.807, 2.05) is 13.0 Å². The molecule has 0 fully saturated rings. The number of hydrogen-bond acceptors (Lipinski definition) is 3. The summed E-state index contributed by atoms with van der Waals surface area (Å²) in [7, 11) is 2.20. The van der Waals surface area contributed by atoms with Crippen LogP contribution in [-0.4, -0.2) is 42.9 Å². The minimum absolute atomic E-state index is 0.0453. The molecule has 0 aromatic heterocycles. The fraction of sp³-hybridized carbons (Fsp3) is 0.650. The SMILES string of the molecule is BN(CC(C)(C)[C@H]1[C@@H](C)c2cccc3c2N1C(C)C(=O)N3)C(C)(C)C. The Balaban J connectivity index is 2.03. The van der Waals surface area contributed by atoms with E-state index in [4.69, 9.17) is 0 Å². The number of nitrogens with zero attached hydrogens (tertiary/aromatic N) is 2. The van der Waals surface area contributed by atoms with Crippen LogP contribution in [0.15, 0.2) is 18.2 Å². The van der Waals surface area contributed by atoms with Gasteiger partial charge in [0.05, 0.1) is 11.4 Å². The standard InChI is InChI=1S/C20H32BN3O/c1-12-14-9-8-10-15-16(14)24(13(2)18(25)22-15)17(12)20(6,7)11-23(21)19(3,4)5/h8-10,12-13,17H,11,21H2,1-7H3,(H,22,25)/t12-,13?,17+/m0/s1. The van der Waals surface area contributed by atoms with Gasteiger partial charge in [-0.2, -0.15) is 0 Å². The van der Waals surface area contributed by atoms with Crippen molar-refractivity contribution in [2.45, 2.75) is 72.0 Å². The minimum Gasteiger partial charge on any atom is -0.354 e. The molecule has 1 aromatic carbocycles. The van der Waals surface area contributed by atoms with E-state index in [0.717, 1.165) is 12.2 Å². The molecule has 3 rings (SSSR count). The van der Waals surface area contributed by atoms with Crippen molar-refractivity contribution in [2.75, 3.05) is 16.8 Å². The zero-order chi connectivity index (χ0) is 18.7. The number of benzene rings is 1. The Hall–Kier alpha value is -1.49. The second kappa shape index (κ2) is 5.77. The molecule has 136 valence electrons. The van der Waals surface area contributed by atoms with Gasteiger partial charge in [-0.25, -0.2) is 0 Å². The third-order valence-electron chi connectivity index (χ3n) is 6.23. The lowest BCUT2D eigenvalue weighted by Gasteiger charge is -2.48. The van der Waals surface area contributed by atoms with Crippen molar-refractivity contribution < 1.29 is 4.79 Å². The topological polar surface area (TPSA) is 35.6 Å². The summed E-state index contributed by atoms with van der Waals surface area (Å²) in [5, 5.41) is 3.09. The van der Waals surface area contributed by atoms with Crippen molar-refractivity contribution in [1.29, 1.82) is 0 Å². The maximum absolute atomic E-state index is 12.5. The second-order valence-electron chi connectivity index (χ2n) is 9.56. The van der Waals surface area contributed by atoms with Crippen LogP contribution in [0.4, 0.5) is 11.4 Å². The Labute approximate surface area is 153 Å². The van der Waals surface area contributed by atoms with Crippen LogP contribution in [0.2, 0.25) is 0 Å². The molecule has 2 heterocycles. The Morgan fingerprint density at radius 3 is 2.44 bits per heavy atom. The summed E-state index contributed by atoms with van der Waals surface area (Å²) >= 11 is 0. The highest BCUT2D eigenvalue weighted by Crippen LogP contribution is 2.53. The highest BCUT2D eigenvalue weighted by Gasteiger charge is 2.50. The van der Waals surface area contributed by atoms with Gasteiger partial charge in [-0.3, -0.25) is 4.79 Å². The van der Waals surface area contributed by atoms with Gasteiger partial charge in [0.1, 0.15) is 6.04 Å². The van der Waals surface area contributed by atoms with Gasteiger partial charge in [-0.1, -0.05) is 32.9 Å². The summed E-state index contributed by atoms with van der Waals surface area (Å²) in [6.45, 7) is 16.8. The number of nitrogens with one attached hydrogen (secondary N) is 1. The first kappa shape index (κ1) is 18.3. The molecule has 0 radical (unpaired) electrons. The zero-order valence-electron chi connectivity index (χ0n) is 17.0. The molecule has 4 nitrogen and oxygen atoms in total. The number of hydrogen-bond donors (Lipinski definition) is 1. The first-order chi connectivity index (χ1) is 11.4. The summed E-state index contributed by atoms with van der Waals surface area (Å²) in [5.41, 5.74) is 3.74. The molecule has 0 saturated heterocycles. The molecule has 1 amide bonds. The number of carbonyl (C=O) groups excluding carboxylic acids is 1. The number of para-hydroxylation sites is 1. The molecule has 1 unspecified atom stereocenters. The van der Waals surface area contributed by atoms with Crippen molar-refractivity contribution in [3.63, 3.8) is 0 Å². The van der Waals surface area contributed by atoms with Gasteiger partial charge in [0.15, 0.2) is 7.98 Å². The summed E-state index contributed by atoms with van der Waals surface area (Å²) in [4.78, 5) is 17.4. The number of carbonyl (C=O) groups is 1. The van der Waals surface area contributed by atoms with Crippen LogP contribution < -0.4 is 10.2 Å². The van der Waals surface area contributed by atoms with E-state index < -0.39 is 0 Å². The Morgan fingerprint density at radius 2 is 1.84 bits per heavy atom. The lowest BCUT2D eigenvalue weighted by Crippen LogP contribution is -2.58. The van der Waals surface area contributed by atoms with E-state index >= 15 is 0 Å². The molecular formula is C20H32BN3O. The molecule has 1 aromatic rings. The summed E-state index contributed by atoms with van der Waals surface area (Å²) in [6, 6.07) is 6.48. The van der Waals surface area contributed by atoms with Crippen molar-refractivity contribution in [2.24, 2.45) is 5.41 Å². The van der Waals surface area contributed by atoms with Crippen molar-refractivity contribution in [3.05, 3.63) is 23.8 Å². The molecule has 5 heteroatoms. The van der Waals surface area contributed by atoms with Crippen LogP contribution >= 0.6 is 0 Å². The molecule has 2 aliphatic heterocycles. The lowest BCUT2D eigenvalue weighted by molar-refractivity contribution is -0.117. The molecule has 0 aliphatic carbocycles. The molecular weight excluding hydrogens is 309 g/mol. The van der Waals surface area contributed by atoms with Gasteiger partial charge >= 0.3 is 0 Å². The van der Waals surface area contributed by atoms with Gasteiger partial charge in [0.2, 0.25) is 5.91 Å².